The van der Waals surface area contributed by atoms with Crippen LogP contribution in [0, 0.1) is 5.82 Å². The van der Waals surface area contributed by atoms with Gasteiger partial charge in [0.15, 0.2) is 5.13 Å². The van der Waals surface area contributed by atoms with Gasteiger partial charge in [0, 0.05) is 22.3 Å². The van der Waals surface area contributed by atoms with Crippen molar-refractivity contribution in [2.45, 2.75) is 38.6 Å². The molecule has 3 aromatic carbocycles. The number of nitrogens with zero attached hydrogens (tertiary/aromatic N) is 2. The molecule has 0 atom stereocenters. The quantitative estimate of drug-likeness (QED) is 0.173. The number of aromatic nitrogens is 1. The van der Waals surface area contributed by atoms with Crippen LogP contribution in [0.4, 0.5) is 20.0 Å². The number of amides is 3. The molecule has 5 rings (SSSR count). The van der Waals surface area contributed by atoms with Gasteiger partial charge in [-0.25, -0.2) is 14.2 Å². The number of urea groups is 1. The van der Waals surface area contributed by atoms with Crippen LogP contribution >= 0.6 is 27.3 Å². The molecule has 0 saturated heterocycles. The summed E-state index contributed by atoms with van der Waals surface area (Å²) in [7, 11) is 0. The zero-order valence-electron chi connectivity index (χ0n) is 22.5. The summed E-state index contributed by atoms with van der Waals surface area (Å²) >= 11 is 4.34. The molecule has 0 fully saturated rings. The number of rotatable bonds is 9. The van der Waals surface area contributed by atoms with Crippen molar-refractivity contribution in [1.82, 2.24) is 10.3 Å². The minimum absolute atomic E-state index is 0.0311. The second-order valence-corrected chi connectivity index (χ2v) is 11.8. The Labute approximate surface area is 254 Å². The van der Waals surface area contributed by atoms with E-state index in [0.717, 1.165) is 41.7 Å². The molecule has 0 bridgehead atoms. The van der Waals surface area contributed by atoms with Crippen LogP contribution in [0.15, 0.2) is 71.2 Å². The maximum Gasteiger partial charge on any atom is 0.328 e. The van der Waals surface area contributed by atoms with Gasteiger partial charge in [0.25, 0.3) is 5.91 Å². The fraction of sp³-hybridized carbons (Fsp3) is 0.226. The largest absolute Gasteiger partial charge is 0.481 e. The number of allylic oxidation sites excluding steroid dienone is 2. The number of halogens is 2. The van der Waals surface area contributed by atoms with Crippen molar-refractivity contribution < 1.29 is 23.9 Å². The number of hydrogen-bond acceptors (Lipinski definition) is 5. The van der Waals surface area contributed by atoms with Crippen LogP contribution < -0.4 is 15.5 Å². The first kappa shape index (κ1) is 29.4. The lowest BCUT2D eigenvalue weighted by molar-refractivity contribution is -0.136. The Bertz CT molecular complexity index is 1650. The highest BCUT2D eigenvalue weighted by Gasteiger charge is 2.20. The highest BCUT2D eigenvalue weighted by atomic mass is 79.9. The molecule has 1 aliphatic rings. The summed E-state index contributed by atoms with van der Waals surface area (Å²) in [5.74, 6) is -1.79. The molecule has 0 aliphatic heterocycles. The van der Waals surface area contributed by atoms with Gasteiger partial charge in [-0.2, -0.15) is 0 Å². The lowest BCUT2D eigenvalue weighted by atomic mass is 9.93. The van der Waals surface area contributed by atoms with Gasteiger partial charge in [-0.15, -0.1) is 0 Å². The number of carbonyl (C=O) groups excluding carboxylic acids is 2. The monoisotopic (exact) mass is 650 g/mol. The summed E-state index contributed by atoms with van der Waals surface area (Å²) in [6, 6.07) is 17.2. The van der Waals surface area contributed by atoms with Crippen molar-refractivity contribution in [3.8, 4) is 0 Å². The van der Waals surface area contributed by atoms with Crippen LogP contribution in [0.1, 0.15) is 53.6 Å². The third kappa shape index (κ3) is 7.21. The number of carbonyl (C=O) groups is 3. The van der Waals surface area contributed by atoms with Gasteiger partial charge in [0.05, 0.1) is 23.2 Å². The van der Waals surface area contributed by atoms with E-state index in [1.54, 1.807) is 35.2 Å². The topological polar surface area (TPSA) is 112 Å². The third-order valence-electron chi connectivity index (χ3n) is 6.89. The molecule has 1 heterocycles. The van der Waals surface area contributed by atoms with Gasteiger partial charge in [-0.1, -0.05) is 57.6 Å². The summed E-state index contributed by atoms with van der Waals surface area (Å²) in [4.78, 5) is 42.7. The van der Waals surface area contributed by atoms with Crippen LogP contribution in [0.2, 0.25) is 0 Å². The zero-order valence-corrected chi connectivity index (χ0v) is 24.9. The van der Waals surface area contributed by atoms with Crippen LogP contribution in [0.3, 0.4) is 0 Å². The molecule has 3 amide bonds. The molecule has 3 N–H and O–H groups in total. The first-order valence-corrected chi connectivity index (χ1v) is 15.1. The van der Waals surface area contributed by atoms with Gasteiger partial charge in [0.2, 0.25) is 0 Å². The lowest BCUT2D eigenvalue weighted by Crippen LogP contribution is -2.34. The highest BCUT2D eigenvalue weighted by Crippen LogP contribution is 2.32. The minimum atomic E-state index is -0.989. The second kappa shape index (κ2) is 13.3. The van der Waals surface area contributed by atoms with E-state index >= 15 is 0 Å². The molecule has 216 valence electrons. The van der Waals surface area contributed by atoms with Gasteiger partial charge < -0.3 is 10.4 Å². The van der Waals surface area contributed by atoms with E-state index in [4.69, 9.17) is 5.11 Å². The van der Waals surface area contributed by atoms with Crippen LogP contribution in [-0.2, 0) is 11.3 Å². The Morgan fingerprint density at radius 3 is 2.50 bits per heavy atom. The Balaban J connectivity index is 1.37. The van der Waals surface area contributed by atoms with Crippen LogP contribution in [-0.4, -0.2) is 34.5 Å². The number of fused-ring (bicyclic) bond motifs is 1. The summed E-state index contributed by atoms with van der Waals surface area (Å²) < 4.78 is 15.4. The number of aliphatic carboxylic acids is 1. The second-order valence-electron chi connectivity index (χ2n) is 9.89. The molecular weight excluding hydrogens is 623 g/mol. The van der Waals surface area contributed by atoms with Crippen molar-refractivity contribution >= 4 is 71.8 Å². The van der Waals surface area contributed by atoms with Crippen LogP contribution in [0.25, 0.3) is 15.8 Å². The van der Waals surface area contributed by atoms with Gasteiger partial charge >= 0.3 is 12.0 Å². The van der Waals surface area contributed by atoms with E-state index in [0.29, 0.717) is 25.9 Å². The van der Waals surface area contributed by atoms with Gasteiger partial charge in [0.1, 0.15) is 5.82 Å². The molecule has 1 aromatic heterocycles. The van der Waals surface area contributed by atoms with Crippen molar-refractivity contribution in [3.05, 3.63) is 93.7 Å². The molecule has 42 heavy (non-hydrogen) atoms. The van der Waals surface area contributed by atoms with Crippen molar-refractivity contribution in [2.75, 3.05) is 16.8 Å². The third-order valence-corrected chi connectivity index (χ3v) is 8.34. The SMILES string of the molecule is O=C(O)CCNC(=O)c1ccc(CN(C(=O)Nc2nc3cc(Br)cc(F)c3s2)c2ccc(C3=CCCCC3)cc2)cc1. The van der Waals surface area contributed by atoms with E-state index in [1.165, 1.54) is 18.1 Å². The summed E-state index contributed by atoms with van der Waals surface area (Å²) in [5, 5.41) is 14.5. The smallest absolute Gasteiger partial charge is 0.328 e. The summed E-state index contributed by atoms with van der Waals surface area (Å²) in [6.45, 7) is 0.225. The molecular formula is C31H28BrFN4O4S. The Morgan fingerprint density at radius 2 is 1.81 bits per heavy atom. The highest BCUT2D eigenvalue weighted by molar-refractivity contribution is 9.10. The summed E-state index contributed by atoms with van der Waals surface area (Å²) in [6.07, 6.45) is 6.57. The number of thiazole rings is 1. The molecule has 11 heteroatoms. The van der Waals surface area contributed by atoms with Crippen molar-refractivity contribution in [3.63, 3.8) is 0 Å². The average molecular weight is 652 g/mol. The standard InChI is InChI=1S/C31H28BrFN4O4S/c32-23-16-25(33)28-26(17-23)35-30(42-28)36-31(41)37(24-12-10-21(11-13-24)20-4-2-1-3-5-20)18-19-6-8-22(9-7-19)29(40)34-15-14-27(38)39/h4,6-13,16-17H,1-3,5,14-15,18H2,(H,34,40)(H,38,39)(H,35,36,41). The van der Waals surface area contributed by atoms with Crippen molar-refractivity contribution in [1.29, 1.82) is 0 Å². The van der Waals surface area contributed by atoms with E-state index < -0.39 is 17.8 Å². The lowest BCUT2D eigenvalue weighted by Gasteiger charge is -2.23. The number of hydrogen-bond donors (Lipinski definition) is 3. The average Bonchev–Trinajstić information content (AvgIpc) is 3.39. The fourth-order valence-corrected chi connectivity index (χ4v) is 6.00. The Kier molecular flexibility index (Phi) is 9.28. The predicted octanol–water partition coefficient (Wildman–Crippen LogP) is 7.60. The maximum atomic E-state index is 14.5. The first-order chi connectivity index (χ1) is 20.3. The molecule has 0 spiro atoms. The Hall–Kier alpha value is -4.09. The number of carboxylic acids is 1. The fourth-order valence-electron chi connectivity index (χ4n) is 4.74. The predicted molar refractivity (Wildman–Crippen MR) is 166 cm³/mol. The van der Waals surface area contributed by atoms with E-state index in [2.05, 4.69) is 37.6 Å². The number of anilines is 2. The normalized spacial score (nSPS) is 13.0. The van der Waals surface area contributed by atoms with Crippen LogP contribution in [0.5, 0.6) is 0 Å². The minimum Gasteiger partial charge on any atom is -0.481 e. The zero-order chi connectivity index (χ0) is 29.6. The molecule has 0 saturated carbocycles. The molecule has 8 nitrogen and oxygen atoms in total. The van der Waals surface area contributed by atoms with Gasteiger partial charge in [-0.3, -0.25) is 19.8 Å². The van der Waals surface area contributed by atoms with E-state index in [1.807, 2.05) is 24.3 Å². The molecule has 0 radical (unpaired) electrons. The Morgan fingerprint density at radius 1 is 1.05 bits per heavy atom. The summed E-state index contributed by atoms with van der Waals surface area (Å²) in [5.41, 5.74) is 4.70. The first-order valence-electron chi connectivity index (χ1n) is 13.5. The number of carboxylic acid groups (broad SMARTS) is 1. The molecule has 4 aromatic rings. The molecule has 1 aliphatic carbocycles. The number of nitrogens with one attached hydrogen (secondary N) is 2. The van der Waals surface area contributed by atoms with Gasteiger partial charge in [-0.05, 0) is 78.8 Å². The molecule has 0 unspecified atom stereocenters. The van der Waals surface area contributed by atoms with E-state index in [9.17, 15) is 18.8 Å². The van der Waals surface area contributed by atoms with E-state index in [-0.39, 0.29) is 30.5 Å². The number of benzene rings is 3. The maximum absolute atomic E-state index is 14.5. The van der Waals surface area contributed by atoms with Crippen molar-refractivity contribution in [2.24, 2.45) is 0 Å².